The Morgan fingerprint density at radius 3 is 2.71 bits per heavy atom. The first-order chi connectivity index (χ1) is 10.1. The van der Waals surface area contributed by atoms with Gasteiger partial charge in [-0.05, 0) is 66.3 Å². The lowest BCUT2D eigenvalue weighted by Gasteiger charge is -2.30. The van der Waals surface area contributed by atoms with Gasteiger partial charge in [-0.25, -0.2) is 0 Å². The molecule has 3 rings (SSSR count). The van der Waals surface area contributed by atoms with Crippen LogP contribution in [-0.2, 0) is 0 Å². The van der Waals surface area contributed by atoms with Gasteiger partial charge in [0.2, 0.25) is 0 Å². The van der Waals surface area contributed by atoms with Crippen molar-refractivity contribution in [3.63, 3.8) is 0 Å². The van der Waals surface area contributed by atoms with Crippen molar-refractivity contribution in [1.82, 2.24) is 15.2 Å². The SMILES string of the molecule is CC(C)N1C(=S)N[C@H](c2ccccn2)[C@@H]1c1ccc(Br)s1. The van der Waals surface area contributed by atoms with Gasteiger partial charge in [0.1, 0.15) is 0 Å². The number of thiophene rings is 1. The fraction of sp³-hybridized carbons (Fsp3) is 0.333. The molecule has 0 radical (unpaired) electrons. The molecule has 1 saturated heterocycles. The van der Waals surface area contributed by atoms with Crippen LogP contribution in [0.2, 0.25) is 0 Å². The van der Waals surface area contributed by atoms with Gasteiger partial charge in [-0.15, -0.1) is 11.3 Å². The highest BCUT2D eigenvalue weighted by Crippen LogP contribution is 2.42. The quantitative estimate of drug-likeness (QED) is 0.802. The molecule has 1 aliphatic rings. The number of pyridine rings is 1. The van der Waals surface area contributed by atoms with Gasteiger partial charge in [-0.1, -0.05) is 6.07 Å². The van der Waals surface area contributed by atoms with Gasteiger partial charge in [0, 0.05) is 17.1 Å². The number of nitrogens with one attached hydrogen (secondary N) is 1. The number of hydrogen-bond acceptors (Lipinski definition) is 3. The molecule has 6 heteroatoms. The molecule has 0 saturated carbocycles. The second-order valence-electron chi connectivity index (χ2n) is 5.27. The molecule has 0 aromatic carbocycles. The van der Waals surface area contributed by atoms with Crippen molar-refractivity contribution in [3.8, 4) is 0 Å². The van der Waals surface area contributed by atoms with E-state index in [1.807, 2.05) is 18.3 Å². The van der Waals surface area contributed by atoms with Crippen LogP contribution in [-0.4, -0.2) is 21.0 Å². The van der Waals surface area contributed by atoms with E-state index in [4.69, 9.17) is 12.2 Å². The molecule has 2 aromatic heterocycles. The first kappa shape index (κ1) is 14.9. The molecule has 1 aliphatic heterocycles. The average Bonchev–Trinajstić information content (AvgIpc) is 3.03. The summed E-state index contributed by atoms with van der Waals surface area (Å²) in [5.41, 5.74) is 1.03. The largest absolute Gasteiger partial charge is 0.352 e. The summed E-state index contributed by atoms with van der Waals surface area (Å²) in [5, 5.41) is 4.25. The molecule has 3 nitrogen and oxygen atoms in total. The van der Waals surface area contributed by atoms with Crippen LogP contribution in [0.5, 0.6) is 0 Å². The third-order valence-corrected chi connectivity index (χ3v) is 5.60. The molecule has 2 aromatic rings. The van der Waals surface area contributed by atoms with E-state index in [-0.39, 0.29) is 12.1 Å². The molecule has 21 heavy (non-hydrogen) atoms. The molecule has 110 valence electrons. The van der Waals surface area contributed by atoms with Crippen LogP contribution in [0.1, 0.15) is 36.5 Å². The Morgan fingerprint density at radius 2 is 2.14 bits per heavy atom. The summed E-state index contributed by atoms with van der Waals surface area (Å²) in [6.45, 7) is 4.34. The number of thiocarbonyl (C=S) groups is 1. The topological polar surface area (TPSA) is 28.2 Å². The lowest BCUT2D eigenvalue weighted by molar-refractivity contribution is 0.273. The second-order valence-corrected chi connectivity index (χ2v) is 8.15. The van der Waals surface area contributed by atoms with Crippen LogP contribution in [0, 0.1) is 0 Å². The average molecular weight is 382 g/mol. The fourth-order valence-electron chi connectivity index (χ4n) is 2.71. The van der Waals surface area contributed by atoms with E-state index in [0.717, 1.165) is 14.6 Å². The molecule has 0 spiro atoms. The smallest absolute Gasteiger partial charge is 0.170 e. The van der Waals surface area contributed by atoms with Crippen LogP contribution in [0.25, 0.3) is 0 Å². The Balaban J connectivity index is 2.05. The third-order valence-electron chi connectivity index (χ3n) is 3.58. The normalized spacial score (nSPS) is 21.9. The number of rotatable bonds is 3. The summed E-state index contributed by atoms with van der Waals surface area (Å²) in [4.78, 5) is 8.08. The van der Waals surface area contributed by atoms with Gasteiger partial charge >= 0.3 is 0 Å². The van der Waals surface area contributed by atoms with Gasteiger partial charge in [-0.3, -0.25) is 4.98 Å². The van der Waals surface area contributed by atoms with Gasteiger partial charge in [0.15, 0.2) is 5.11 Å². The summed E-state index contributed by atoms with van der Waals surface area (Å²) in [7, 11) is 0. The van der Waals surface area contributed by atoms with E-state index in [1.165, 1.54) is 4.88 Å². The van der Waals surface area contributed by atoms with Crippen molar-refractivity contribution in [2.45, 2.75) is 32.0 Å². The van der Waals surface area contributed by atoms with Crippen molar-refractivity contribution < 1.29 is 0 Å². The highest BCUT2D eigenvalue weighted by Gasteiger charge is 2.41. The van der Waals surface area contributed by atoms with Crippen molar-refractivity contribution in [1.29, 1.82) is 0 Å². The molecular formula is C15H16BrN3S2. The zero-order chi connectivity index (χ0) is 15.0. The Bertz CT molecular complexity index is 641. The van der Waals surface area contributed by atoms with E-state index in [2.05, 4.69) is 63.2 Å². The Hall–Kier alpha value is -0.980. The molecule has 1 N–H and O–H groups in total. The number of hydrogen-bond donors (Lipinski definition) is 1. The second kappa shape index (κ2) is 6.02. The molecule has 0 amide bonds. The van der Waals surface area contributed by atoms with Crippen LogP contribution in [0.4, 0.5) is 0 Å². The van der Waals surface area contributed by atoms with Crippen molar-refractivity contribution in [3.05, 3.63) is 50.9 Å². The molecular weight excluding hydrogens is 366 g/mol. The van der Waals surface area contributed by atoms with Crippen molar-refractivity contribution in [2.75, 3.05) is 0 Å². The first-order valence-electron chi connectivity index (χ1n) is 6.83. The van der Waals surface area contributed by atoms with Crippen molar-refractivity contribution >= 4 is 44.6 Å². The molecule has 2 atom stereocenters. The highest BCUT2D eigenvalue weighted by molar-refractivity contribution is 9.11. The third kappa shape index (κ3) is 2.84. The maximum atomic E-state index is 5.56. The minimum Gasteiger partial charge on any atom is -0.352 e. The van der Waals surface area contributed by atoms with E-state index in [9.17, 15) is 0 Å². The van der Waals surface area contributed by atoms with Crippen LogP contribution >= 0.6 is 39.5 Å². The number of aromatic nitrogens is 1. The highest BCUT2D eigenvalue weighted by atomic mass is 79.9. The van der Waals surface area contributed by atoms with Crippen LogP contribution in [0.15, 0.2) is 40.3 Å². The lowest BCUT2D eigenvalue weighted by Crippen LogP contribution is -2.35. The van der Waals surface area contributed by atoms with Gasteiger partial charge < -0.3 is 10.2 Å². The molecule has 1 fully saturated rings. The zero-order valence-electron chi connectivity index (χ0n) is 11.8. The van der Waals surface area contributed by atoms with Crippen molar-refractivity contribution in [2.24, 2.45) is 0 Å². The van der Waals surface area contributed by atoms with Crippen LogP contribution in [0.3, 0.4) is 0 Å². The standard InChI is InChI=1S/C15H16BrN3S2/c1-9(2)19-14(11-6-7-12(16)21-11)13(18-15(19)20)10-5-3-4-8-17-10/h3-9,13-14H,1-2H3,(H,18,20)/t13-,14+/m1/s1. The first-order valence-corrected chi connectivity index (χ1v) is 8.84. The monoisotopic (exact) mass is 381 g/mol. The van der Waals surface area contributed by atoms with E-state index < -0.39 is 0 Å². The minimum absolute atomic E-state index is 0.0895. The van der Waals surface area contributed by atoms with Gasteiger partial charge in [0.25, 0.3) is 0 Å². The van der Waals surface area contributed by atoms with E-state index >= 15 is 0 Å². The Kier molecular flexibility index (Phi) is 4.28. The summed E-state index contributed by atoms with van der Waals surface area (Å²) in [5.74, 6) is 0. The predicted octanol–water partition coefficient (Wildman–Crippen LogP) is 4.29. The fourth-order valence-corrected chi connectivity index (χ4v) is 4.73. The summed E-state index contributed by atoms with van der Waals surface area (Å²) >= 11 is 10.9. The van der Waals surface area contributed by atoms with Crippen LogP contribution < -0.4 is 5.32 Å². The summed E-state index contributed by atoms with van der Waals surface area (Å²) in [6, 6.07) is 10.9. The maximum absolute atomic E-state index is 5.56. The Labute approximate surface area is 142 Å². The lowest BCUT2D eigenvalue weighted by atomic mass is 10.0. The maximum Gasteiger partial charge on any atom is 0.170 e. The molecule has 3 heterocycles. The van der Waals surface area contributed by atoms with E-state index in [1.54, 1.807) is 11.3 Å². The number of halogens is 1. The zero-order valence-corrected chi connectivity index (χ0v) is 15.0. The molecule has 0 unspecified atom stereocenters. The van der Waals surface area contributed by atoms with Gasteiger partial charge in [-0.2, -0.15) is 0 Å². The number of nitrogens with zero attached hydrogens (tertiary/aromatic N) is 2. The minimum atomic E-state index is 0.0895. The van der Waals surface area contributed by atoms with E-state index in [0.29, 0.717) is 6.04 Å². The summed E-state index contributed by atoms with van der Waals surface area (Å²) in [6.07, 6.45) is 1.83. The molecule has 0 bridgehead atoms. The summed E-state index contributed by atoms with van der Waals surface area (Å²) < 4.78 is 1.14. The van der Waals surface area contributed by atoms with Gasteiger partial charge in [0.05, 0.1) is 21.6 Å². The predicted molar refractivity (Wildman–Crippen MR) is 94.4 cm³/mol. The molecule has 0 aliphatic carbocycles. The Morgan fingerprint density at radius 1 is 1.33 bits per heavy atom.